The van der Waals surface area contributed by atoms with Crippen LogP contribution in [0, 0.1) is 5.92 Å². The van der Waals surface area contributed by atoms with Gasteiger partial charge in [-0.05, 0) is 25.2 Å². The highest BCUT2D eigenvalue weighted by atomic mass is 31.2. The first kappa shape index (κ1) is 9.66. The van der Waals surface area contributed by atoms with Crippen LogP contribution in [0.5, 0.6) is 0 Å². The Kier molecular flexibility index (Phi) is 2.49. The fourth-order valence-electron chi connectivity index (χ4n) is 2.55. The summed E-state index contributed by atoms with van der Waals surface area (Å²) in [6.45, 7) is 0. The van der Waals surface area contributed by atoms with Crippen molar-refractivity contribution in [2.24, 2.45) is 5.92 Å². The molecule has 0 unspecified atom stereocenters. The molecule has 1 heterocycles. The van der Waals surface area contributed by atoms with Gasteiger partial charge in [0.15, 0.2) is 0 Å². The van der Waals surface area contributed by atoms with Gasteiger partial charge in [0.05, 0.1) is 0 Å². The molecule has 1 saturated heterocycles. The van der Waals surface area contributed by atoms with Gasteiger partial charge in [0, 0.05) is 6.04 Å². The molecule has 0 amide bonds. The zero-order valence-electron chi connectivity index (χ0n) is 7.52. The summed E-state index contributed by atoms with van der Waals surface area (Å²) < 4.78 is 11.0. The van der Waals surface area contributed by atoms with Crippen molar-refractivity contribution in [1.29, 1.82) is 0 Å². The lowest BCUT2D eigenvalue weighted by Crippen LogP contribution is -2.32. The van der Waals surface area contributed by atoms with E-state index in [1.165, 1.54) is 12.8 Å². The molecule has 3 N–H and O–H groups in total. The van der Waals surface area contributed by atoms with E-state index in [4.69, 9.17) is 9.79 Å². The van der Waals surface area contributed by atoms with E-state index in [1.54, 1.807) is 0 Å². The number of hydrogen-bond acceptors (Lipinski definition) is 2. The van der Waals surface area contributed by atoms with Gasteiger partial charge in [0.1, 0.15) is 5.78 Å². The molecular weight excluding hydrogens is 189 g/mol. The maximum Gasteiger partial charge on any atom is 0.342 e. The van der Waals surface area contributed by atoms with E-state index in [2.05, 4.69) is 5.32 Å². The van der Waals surface area contributed by atoms with Crippen molar-refractivity contribution in [1.82, 2.24) is 5.32 Å². The van der Waals surface area contributed by atoms with Crippen LogP contribution < -0.4 is 5.32 Å². The zero-order chi connectivity index (χ0) is 9.47. The molecule has 5 heteroatoms. The Balaban J connectivity index is 2.03. The predicted molar refractivity (Wildman–Crippen MR) is 49.3 cm³/mol. The molecule has 3 atom stereocenters. The summed E-state index contributed by atoms with van der Waals surface area (Å²) in [7, 11) is -3.90. The Hall–Kier alpha value is 0.110. The molecule has 76 valence electrons. The molecule has 0 bridgehead atoms. The van der Waals surface area contributed by atoms with Crippen molar-refractivity contribution >= 4 is 7.60 Å². The molecule has 2 rings (SSSR count). The van der Waals surface area contributed by atoms with Crippen molar-refractivity contribution < 1.29 is 14.4 Å². The third-order valence-corrected chi connectivity index (χ3v) is 4.42. The van der Waals surface area contributed by atoms with E-state index in [0.29, 0.717) is 18.4 Å². The highest BCUT2D eigenvalue weighted by molar-refractivity contribution is 7.52. The normalized spacial score (nSPS) is 40.3. The second kappa shape index (κ2) is 3.35. The molecular formula is C8H16NO3P. The van der Waals surface area contributed by atoms with Gasteiger partial charge in [-0.15, -0.1) is 0 Å². The number of nitrogens with one attached hydrogen (secondary N) is 1. The lowest BCUT2D eigenvalue weighted by molar-refractivity contribution is 0.325. The molecule has 0 aromatic carbocycles. The van der Waals surface area contributed by atoms with Gasteiger partial charge in [0.25, 0.3) is 0 Å². The molecule has 2 fully saturated rings. The lowest BCUT2D eigenvalue weighted by Gasteiger charge is -2.24. The topological polar surface area (TPSA) is 69.6 Å². The van der Waals surface area contributed by atoms with Crippen LogP contribution in [0.4, 0.5) is 0 Å². The Morgan fingerprint density at radius 1 is 1.23 bits per heavy atom. The van der Waals surface area contributed by atoms with E-state index < -0.39 is 13.4 Å². The van der Waals surface area contributed by atoms with Crippen LogP contribution in [0.2, 0.25) is 0 Å². The first-order valence-corrected chi connectivity index (χ1v) is 6.57. The van der Waals surface area contributed by atoms with E-state index in [1.807, 2.05) is 0 Å². The highest BCUT2D eigenvalue weighted by Gasteiger charge is 2.42. The summed E-state index contributed by atoms with van der Waals surface area (Å²) in [5.74, 6) is -0.0630. The number of fused-ring (bicyclic) bond motifs is 1. The van der Waals surface area contributed by atoms with Crippen LogP contribution >= 0.6 is 7.60 Å². The third kappa shape index (κ3) is 1.96. The molecule has 0 spiro atoms. The minimum atomic E-state index is -3.90. The molecule has 1 aliphatic carbocycles. The van der Waals surface area contributed by atoms with Gasteiger partial charge in [-0.3, -0.25) is 4.57 Å². The van der Waals surface area contributed by atoms with Crippen molar-refractivity contribution in [2.45, 2.75) is 43.9 Å². The minimum absolute atomic E-state index is 0.367. The third-order valence-electron chi connectivity index (χ3n) is 3.25. The van der Waals surface area contributed by atoms with Crippen LogP contribution in [-0.2, 0) is 4.57 Å². The molecule has 1 aliphatic heterocycles. The standard InChI is InChI=1S/C8H16NO3P/c10-13(11,12)8-5-6-3-1-2-4-7(6)9-8/h6-9H,1-5H2,(H2,10,11,12)/t6-,7-,8+/m1/s1. The summed E-state index contributed by atoms with van der Waals surface area (Å²) in [5.41, 5.74) is 0. The summed E-state index contributed by atoms with van der Waals surface area (Å²) in [6, 6.07) is 0.367. The average Bonchev–Trinajstić information content (AvgIpc) is 2.45. The molecule has 0 aromatic rings. The van der Waals surface area contributed by atoms with Crippen molar-refractivity contribution in [3.63, 3.8) is 0 Å². The summed E-state index contributed by atoms with van der Waals surface area (Å²) >= 11 is 0. The van der Waals surface area contributed by atoms with Crippen LogP contribution in [0.3, 0.4) is 0 Å². The molecule has 1 saturated carbocycles. The SMILES string of the molecule is O=P(O)(O)[C@H]1C[C@H]2CCCC[C@H]2N1. The summed E-state index contributed by atoms with van der Waals surface area (Å²) in [6.07, 6.45) is 5.29. The molecule has 13 heavy (non-hydrogen) atoms. The van der Waals surface area contributed by atoms with Crippen LogP contribution in [0.15, 0.2) is 0 Å². The fraction of sp³-hybridized carbons (Fsp3) is 1.00. The second-order valence-corrected chi connectivity index (χ2v) is 5.96. The van der Waals surface area contributed by atoms with Crippen molar-refractivity contribution in [3.05, 3.63) is 0 Å². The largest absolute Gasteiger partial charge is 0.342 e. The van der Waals surface area contributed by atoms with Gasteiger partial charge < -0.3 is 15.1 Å². The minimum Gasteiger partial charge on any atom is -0.323 e. The van der Waals surface area contributed by atoms with E-state index in [-0.39, 0.29) is 0 Å². The zero-order valence-corrected chi connectivity index (χ0v) is 8.41. The summed E-state index contributed by atoms with van der Waals surface area (Å²) in [5, 5.41) is 3.07. The smallest absolute Gasteiger partial charge is 0.323 e. The molecule has 0 aromatic heterocycles. The van der Waals surface area contributed by atoms with Gasteiger partial charge in [-0.25, -0.2) is 0 Å². The monoisotopic (exact) mass is 205 g/mol. The Labute approximate surface area is 77.9 Å². The second-order valence-electron chi connectivity index (χ2n) is 4.16. The van der Waals surface area contributed by atoms with Gasteiger partial charge >= 0.3 is 7.60 Å². The van der Waals surface area contributed by atoms with E-state index in [0.717, 1.165) is 12.8 Å². The predicted octanol–water partition coefficient (Wildman–Crippen LogP) is 1.04. The first-order chi connectivity index (χ1) is 6.07. The van der Waals surface area contributed by atoms with Gasteiger partial charge in [-0.1, -0.05) is 12.8 Å². The van der Waals surface area contributed by atoms with Crippen LogP contribution in [0.1, 0.15) is 32.1 Å². The molecule has 2 aliphatic rings. The Bertz CT molecular complexity index is 226. The van der Waals surface area contributed by atoms with Gasteiger partial charge in [-0.2, -0.15) is 0 Å². The lowest BCUT2D eigenvalue weighted by atomic mass is 9.86. The number of rotatable bonds is 1. The van der Waals surface area contributed by atoms with Crippen molar-refractivity contribution in [3.8, 4) is 0 Å². The van der Waals surface area contributed by atoms with E-state index >= 15 is 0 Å². The maximum absolute atomic E-state index is 11.0. The molecule has 4 nitrogen and oxygen atoms in total. The molecule has 0 radical (unpaired) electrons. The van der Waals surface area contributed by atoms with Gasteiger partial charge in [0.2, 0.25) is 0 Å². The highest BCUT2D eigenvalue weighted by Crippen LogP contribution is 2.48. The fourth-order valence-corrected chi connectivity index (χ4v) is 3.48. The number of hydrogen-bond donors (Lipinski definition) is 3. The first-order valence-electron chi connectivity index (χ1n) is 4.88. The maximum atomic E-state index is 11.0. The van der Waals surface area contributed by atoms with E-state index in [9.17, 15) is 4.57 Å². The summed E-state index contributed by atoms with van der Waals surface area (Å²) in [4.78, 5) is 18.0. The van der Waals surface area contributed by atoms with Crippen LogP contribution in [0.25, 0.3) is 0 Å². The average molecular weight is 205 g/mol. The Morgan fingerprint density at radius 3 is 2.54 bits per heavy atom. The van der Waals surface area contributed by atoms with Crippen molar-refractivity contribution in [2.75, 3.05) is 0 Å². The quantitative estimate of drug-likeness (QED) is 0.559. The Morgan fingerprint density at radius 2 is 1.92 bits per heavy atom. The van der Waals surface area contributed by atoms with Crippen LogP contribution in [-0.4, -0.2) is 21.6 Å².